The number of anilines is 1. The third kappa shape index (κ3) is 6.85. The molecule has 0 bridgehead atoms. The Hall–Kier alpha value is -3.80. The van der Waals surface area contributed by atoms with Crippen molar-refractivity contribution in [1.29, 1.82) is 0 Å². The van der Waals surface area contributed by atoms with Crippen molar-refractivity contribution in [3.8, 4) is 17.2 Å². The van der Waals surface area contributed by atoms with Crippen LogP contribution < -0.4 is 14.8 Å². The Morgan fingerprint density at radius 2 is 1.69 bits per heavy atom. The Bertz CT molecular complexity index is 1340. The summed E-state index contributed by atoms with van der Waals surface area (Å²) in [6.07, 6.45) is -4.66. The van der Waals surface area contributed by atoms with Gasteiger partial charge in [-0.15, -0.1) is 13.2 Å². The van der Waals surface area contributed by atoms with E-state index >= 15 is 0 Å². The normalized spacial score (nSPS) is 12.6. The van der Waals surface area contributed by atoms with Crippen molar-refractivity contribution in [2.75, 3.05) is 11.6 Å². The van der Waals surface area contributed by atoms with E-state index in [1.54, 1.807) is 6.92 Å². The molecule has 1 unspecified atom stereocenters. The zero-order valence-electron chi connectivity index (χ0n) is 18.3. The second-order valence-electron chi connectivity index (χ2n) is 7.43. The second-order valence-corrected chi connectivity index (χ2v) is 9.42. The SMILES string of the molecule is CC(Oc1ccc(C(=O)Nc2ccc(O)c(S(C)(=O)=O)c2)cc1F)c1ccc(OC(F)(F)F)cc1. The molecule has 1 amide bonds. The van der Waals surface area contributed by atoms with Crippen LogP contribution in [0.5, 0.6) is 17.2 Å². The van der Waals surface area contributed by atoms with Gasteiger partial charge in [0.05, 0.1) is 0 Å². The molecule has 0 saturated carbocycles. The molecule has 0 spiro atoms. The summed E-state index contributed by atoms with van der Waals surface area (Å²) >= 11 is 0. The van der Waals surface area contributed by atoms with Crippen molar-refractivity contribution < 1.29 is 45.4 Å². The minimum Gasteiger partial charge on any atom is -0.507 e. The average molecular weight is 513 g/mol. The molecule has 0 aliphatic heterocycles. The number of hydrogen-bond donors (Lipinski definition) is 2. The maximum Gasteiger partial charge on any atom is 0.573 e. The standard InChI is InChI=1S/C23H19F4NO6S/c1-13(14-3-7-17(8-4-14)34-23(25,26)27)33-20-10-5-15(11-18(20)24)22(30)28-16-6-9-19(29)21(12-16)35(2,31)32/h3-13,29H,1-2H3,(H,28,30). The van der Waals surface area contributed by atoms with Crippen LogP contribution in [0.1, 0.15) is 28.9 Å². The predicted octanol–water partition coefficient (Wildman–Crippen LogP) is 5.23. The molecule has 3 aromatic rings. The van der Waals surface area contributed by atoms with E-state index in [1.165, 1.54) is 30.3 Å². The first-order chi connectivity index (χ1) is 16.2. The quantitative estimate of drug-likeness (QED) is 0.332. The first kappa shape index (κ1) is 25.8. The largest absolute Gasteiger partial charge is 0.573 e. The highest BCUT2D eigenvalue weighted by Gasteiger charge is 2.31. The summed E-state index contributed by atoms with van der Waals surface area (Å²) in [5.41, 5.74) is 0.431. The van der Waals surface area contributed by atoms with Gasteiger partial charge in [0.25, 0.3) is 5.91 Å². The van der Waals surface area contributed by atoms with E-state index in [2.05, 4.69) is 10.1 Å². The number of rotatable bonds is 7. The van der Waals surface area contributed by atoms with Gasteiger partial charge in [-0.3, -0.25) is 4.79 Å². The van der Waals surface area contributed by atoms with Gasteiger partial charge in [0, 0.05) is 17.5 Å². The Morgan fingerprint density at radius 1 is 1.03 bits per heavy atom. The Kier molecular flexibility index (Phi) is 7.25. The molecule has 1 atom stereocenters. The van der Waals surface area contributed by atoms with Gasteiger partial charge >= 0.3 is 6.36 Å². The van der Waals surface area contributed by atoms with Gasteiger partial charge in [0.15, 0.2) is 21.4 Å². The van der Waals surface area contributed by atoms with E-state index in [4.69, 9.17) is 4.74 Å². The Balaban J connectivity index is 1.70. The third-order valence-electron chi connectivity index (χ3n) is 4.70. The number of aromatic hydroxyl groups is 1. The summed E-state index contributed by atoms with van der Waals surface area (Å²) in [4.78, 5) is 12.1. The van der Waals surface area contributed by atoms with Crippen LogP contribution in [0, 0.1) is 5.82 Å². The van der Waals surface area contributed by atoms with E-state index in [9.17, 15) is 35.9 Å². The van der Waals surface area contributed by atoms with E-state index in [1.807, 2.05) is 0 Å². The number of hydrogen-bond acceptors (Lipinski definition) is 6. The van der Waals surface area contributed by atoms with Crippen LogP contribution in [0.2, 0.25) is 0 Å². The van der Waals surface area contributed by atoms with E-state index in [0.717, 1.165) is 36.6 Å². The van der Waals surface area contributed by atoms with Gasteiger partial charge in [-0.2, -0.15) is 0 Å². The lowest BCUT2D eigenvalue weighted by Gasteiger charge is -2.17. The van der Waals surface area contributed by atoms with Crippen LogP contribution in [0.15, 0.2) is 65.6 Å². The molecule has 0 aromatic heterocycles. The zero-order chi connectivity index (χ0) is 26.0. The van der Waals surface area contributed by atoms with Crippen LogP contribution in [-0.2, 0) is 9.84 Å². The van der Waals surface area contributed by atoms with Crippen LogP contribution in [-0.4, -0.2) is 32.0 Å². The van der Waals surface area contributed by atoms with Gasteiger partial charge < -0.3 is 19.9 Å². The fraction of sp³-hybridized carbons (Fsp3) is 0.174. The monoisotopic (exact) mass is 513 g/mol. The van der Waals surface area contributed by atoms with Crippen molar-refractivity contribution in [2.24, 2.45) is 0 Å². The number of phenols is 1. The highest BCUT2D eigenvalue weighted by Crippen LogP contribution is 2.29. The first-order valence-corrected chi connectivity index (χ1v) is 11.8. The lowest BCUT2D eigenvalue weighted by Crippen LogP contribution is -2.17. The van der Waals surface area contributed by atoms with Crippen molar-refractivity contribution in [3.63, 3.8) is 0 Å². The third-order valence-corrected chi connectivity index (χ3v) is 5.82. The number of alkyl halides is 3. The predicted molar refractivity (Wildman–Crippen MR) is 118 cm³/mol. The molecule has 7 nitrogen and oxygen atoms in total. The molecule has 3 rings (SSSR count). The average Bonchev–Trinajstić information content (AvgIpc) is 2.75. The lowest BCUT2D eigenvalue weighted by atomic mass is 10.1. The fourth-order valence-electron chi connectivity index (χ4n) is 3.03. The number of carbonyl (C=O) groups excluding carboxylic acids is 1. The van der Waals surface area contributed by atoms with Gasteiger partial charge in [-0.25, -0.2) is 12.8 Å². The number of amides is 1. The number of carbonyl (C=O) groups is 1. The summed E-state index contributed by atoms with van der Waals surface area (Å²) in [7, 11) is -3.75. The topological polar surface area (TPSA) is 102 Å². The highest BCUT2D eigenvalue weighted by molar-refractivity contribution is 7.90. The number of sulfone groups is 1. The molecule has 0 saturated heterocycles. The van der Waals surface area contributed by atoms with Gasteiger partial charge in [-0.05, 0) is 61.0 Å². The van der Waals surface area contributed by atoms with E-state index in [-0.39, 0.29) is 21.9 Å². The highest BCUT2D eigenvalue weighted by atomic mass is 32.2. The summed E-state index contributed by atoms with van der Waals surface area (Å²) < 4.78 is 84.2. The maximum absolute atomic E-state index is 14.6. The zero-order valence-corrected chi connectivity index (χ0v) is 19.1. The summed E-state index contributed by atoms with van der Waals surface area (Å²) in [5.74, 6) is -2.70. The van der Waals surface area contributed by atoms with Gasteiger partial charge in [-0.1, -0.05) is 12.1 Å². The van der Waals surface area contributed by atoms with E-state index in [0.29, 0.717) is 5.56 Å². The van der Waals surface area contributed by atoms with Gasteiger partial charge in [0.1, 0.15) is 22.5 Å². The smallest absolute Gasteiger partial charge is 0.507 e. The molecule has 35 heavy (non-hydrogen) atoms. The molecular weight excluding hydrogens is 494 g/mol. The van der Waals surface area contributed by atoms with Gasteiger partial charge in [0.2, 0.25) is 0 Å². The molecule has 12 heteroatoms. The molecule has 2 N–H and O–H groups in total. The minimum atomic E-state index is -4.82. The molecule has 0 fully saturated rings. The molecule has 3 aromatic carbocycles. The molecular formula is C23H19F4NO6S. The maximum atomic E-state index is 14.6. The van der Waals surface area contributed by atoms with Crippen molar-refractivity contribution in [1.82, 2.24) is 0 Å². The number of phenolic OH excluding ortho intramolecular Hbond substituents is 1. The number of nitrogens with one attached hydrogen (secondary N) is 1. The number of benzene rings is 3. The molecule has 0 aliphatic carbocycles. The summed E-state index contributed by atoms with van der Waals surface area (Å²) in [6.45, 7) is 1.56. The first-order valence-electron chi connectivity index (χ1n) is 9.89. The fourth-order valence-corrected chi connectivity index (χ4v) is 3.82. The lowest BCUT2D eigenvalue weighted by molar-refractivity contribution is -0.274. The van der Waals surface area contributed by atoms with Crippen molar-refractivity contribution in [3.05, 3.63) is 77.6 Å². The van der Waals surface area contributed by atoms with Crippen molar-refractivity contribution >= 4 is 21.4 Å². The molecule has 186 valence electrons. The summed E-state index contributed by atoms with van der Waals surface area (Å²) in [6, 6.07) is 11.7. The van der Waals surface area contributed by atoms with Crippen LogP contribution in [0.25, 0.3) is 0 Å². The molecule has 0 aliphatic rings. The Morgan fingerprint density at radius 3 is 2.26 bits per heavy atom. The second kappa shape index (κ2) is 9.82. The molecule has 0 radical (unpaired) electrons. The minimum absolute atomic E-state index is 0.0699. The summed E-state index contributed by atoms with van der Waals surface area (Å²) in [5, 5.41) is 12.1. The van der Waals surface area contributed by atoms with Crippen molar-refractivity contribution in [2.45, 2.75) is 24.3 Å². The van der Waals surface area contributed by atoms with Crippen LogP contribution >= 0.6 is 0 Å². The number of halogens is 4. The molecule has 0 heterocycles. The number of ether oxygens (including phenoxy) is 2. The van der Waals surface area contributed by atoms with Crippen LogP contribution in [0.4, 0.5) is 23.2 Å². The van der Waals surface area contributed by atoms with E-state index < -0.39 is 45.5 Å². The Labute approximate surface area is 197 Å². The van der Waals surface area contributed by atoms with Crippen LogP contribution in [0.3, 0.4) is 0 Å².